The number of piperidine rings is 2. The van der Waals surface area contributed by atoms with Gasteiger partial charge in [0.1, 0.15) is 0 Å². The Balaban J connectivity index is 1.65. The Morgan fingerprint density at radius 1 is 1.09 bits per heavy atom. The molecule has 0 aromatic heterocycles. The number of nitrogens with zero attached hydrogens (tertiary/aromatic N) is 1. The number of benzene rings is 1. The monoisotopic (exact) mass is 302 g/mol. The third-order valence-corrected chi connectivity index (χ3v) is 4.77. The Bertz CT molecular complexity index is 548. The average Bonchev–Trinajstić information content (AvgIpc) is 2.55. The predicted octanol–water partition coefficient (Wildman–Crippen LogP) is 1.42. The molecule has 0 radical (unpaired) electrons. The molecule has 0 bridgehead atoms. The largest absolute Gasteiger partial charge is 0.396 e. The van der Waals surface area contributed by atoms with Crippen LogP contribution in [0.2, 0.25) is 0 Å². The van der Waals surface area contributed by atoms with Crippen LogP contribution in [-0.2, 0) is 9.59 Å². The number of hydrogen-bond donors (Lipinski definition) is 2. The van der Waals surface area contributed by atoms with E-state index in [0.717, 1.165) is 37.2 Å². The van der Waals surface area contributed by atoms with E-state index in [1.54, 1.807) is 0 Å². The molecule has 2 aliphatic rings. The lowest BCUT2D eigenvalue weighted by Crippen LogP contribution is -2.39. The number of aliphatic hydroxyl groups excluding tert-OH is 1. The van der Waals surface area contributed by atoms with Crippen LogP contribution in [0.15, 0.2) is 24.3 Å². The van der Waals surface area contributed by atoms with E-state index in [9.17, 15) is 14.7 Å². The van der Waals surface area contributed by atoms with Gasteiger partial charge >= 0.3 is 0 Å². The summed E-state index contributed by atoms with van der Waals surface area (Å²) in [6, 6.07) is 8.09. The van der Waals surface area contributed by atoms with E-state index in [1.165, 1.54) is 0 Å². The zero-order valence-corrected chi connectivity index (χ0v) is 12.6. The molecule has 0 spiro atoms. The summed E-state index contributed by atoms with van der Waals surface area (Å²) in [5.41, 5.74) is 2.13. The summed E-state index contributed by atoms with van der Waals surface area (Å²) in [4.78, 5) is 25.4. The molecule has 1 aromatic rings. The third kappa shape index (κ3) is 3.14. The van der Waals surface area contributed by atoms with Crippen molar-refractivity contribution in [3.63, 3.8) is 0 Å². The van der Waals surface area contributed by atoms with Crippen LogP contribution >= 0.6 is 0 Å². The lowest BCUT2D eigenvalue weighted by molar-refractivity contribution is -0.134. The van der Waals surface area contributed by atoms with Crippen molar-refractivity contribution in [2.24, 2.45) is 5.92 Å². The molecule has 22 heavy (non-hydrogen) atoms. The average molecular weight is 302 g/mol. The maximum atomic E-state index is 11.9. The van der Waals surface area contributed by atoms with E-state index in [2.05, 4.69) is 22.3 Å². The van der Waals surface area contributed by atoms with Crippen molar-refractivity contribution in [1.29, 1.82) is 0 Å². The molecule has 2 amide bonds. The van der Waals surface area contributed by atoms with Crippen LogP contribution in [-0.4, -0.2) is 36.6 Å². The number of anilines is 1. The summed E-state index contributed by atoms with van der Waals surface area (Å²) < 4.78 is 0. The molecule has 5 heteroatoms. The molecule has 3 rings (SSSR count). The standard InChI is InChI=1S/C17H22N2O3/c20-11-12-7-9-19(10-8-12)14-3-1-13(2-4-14)15-5-6-16(21)18-17(15)22/h1-4,12,15,20H,5-11H2,(H,18,21,22)/t15-/m1/s1. The second-order valence-corrected chi connectivity index (χ2v) is 6.21. The van der Waals surface area contributed by atoms with Gasteiger partial charge in [0.2, 0.25) is 11.8 Å². The molecule has 2 fully saturated rings. The SMILES string of the molecule is O=C1CC[C@H](c2ccc(N3CCC(CO)CC3)cc2)C(=O)N1. The van der Waals surface area contributed by atoms with Gasteiger partial charge in [-0.2, -0.15) is 0 Å². The summed E-state index contributed by atoms with van der Waals surface area (Å²) in [5, 5.41) is 11.6. The first-order chi connectivity index (χ1) is 10.7. The summed E-state index contributed by atoms with van der Waals surface area (Å²) in [6.07, 6.45) is 3.04. The van der Waals surface area contributed by atoms with Gasteiger partial charge in [0.25, 0.3) is 0 Å². The van der Waals surface area contributed by atoms with Gasteiger partial charge in [-0.05, 0) is 42.9 Å². The van der Waals surface area contributed by atoms with Crippen molar-refractivity contribution in [2.45, 2.75) is 31.6 Å². The van der Waals surface area contributed by atoms with Crippen LogP contribution in [0.5, 0.6) is 0 Å². The lowest BCUT2D eigenvalue weighted by Gasteiger charge is -2.33. The molecule has 2 aliphatic heterocycles. The molecule has 2 heterocycles. The Labute approximate surface area is 130 Å². The zero-order chi connectivity index (χ0) is 15.5. The molecular weight excluding hydrogens is 280 g/mol. The van der Waals surface area contributed by atoms with Gasteiger partial charge in [0, 0.05) is 31.8 Å². The molecular formula is C17H22N2O3. The fourth-order valence-corrected chi connectivity index (χ4v) is 3.30. The fraction of sp³-hybridized carbons (Fsp3) is 0.529. The first-order valence-corrected chi connectivity index (χ1v) is 7.97. The topological polar surface area (TPSA) is 69.6 Å². The minimum atomic E-state index is -0.216. The Morgan fingerprint density at radius 2 is 1.77 bits per heavy atom. The number of imide groups is 1. The molecule has 0 aliphatic carbocycles. The van der Waals surface area contributed by atoms with E-state index < -0.39 is 0 Å². The van der Waals surface area contributed by atoms with Crippen molar-refractivity contribution < 1.29 is 14.7 Å². The first kappa shape index (κ1) is 15.0. The van der Waals surface area contributed by atoms with Crippen molar-refractivity contribution in [3.05, 3.63) is 29.8 Å². The molecule has 2 saturated heterocycles. The van der Waals surface area contributed by atoms with Crippen molar-refractivity contribution in [3.8, 4) is 0 Å². The number of nitrogens with one attached hydrogen (secondary N) is 1. The first-order valence-electron chi connectivity index (χ1n) is 7.97. The highest BCUT2D eigenvalue weighted by Gasteiger charge is 2.28. The highest BCUT2D eigenvalue weighted by Crippen LogP contribution is 2.28. The molecule has 5 nitrogen and oxygen atoms in total. The van der Waals surface area contributed by atoms with Gasteiger partial charge in [-0.15, -0.1) is 0 Å². The minimum Gasteiger partial charge on any atom is -0.396 e. The summed E-state index contributed by atoms with van der Waals surface area (Å²) >= 11 is 0. The molecule has 0 unspecified atom stereocenters. The highest BCUT2D eigenvalue weighted by molar-refractivity contribution is 6.00. The highest BCUT2D eigenvalue weighted by atomic mass is 16.3. The van der Waals surface area contributed by atoms with Gasteiger partial charge in [0.05, 0.1) is 5.92 Å². The Kier molecular flexibility index (Phi) is 4.43. The number of aliphatic hydroxyl groups is 1. The van der Waals surface area contributed by atoms with Crippen molar-refractivity contribution in [2.75, 3.05) is 24.6 Å². The molecule has 118 valence electrons. The molecule has 2 N–H and O–H groups in total. The van der Waals surface area contributed by atoms with E-state index in [1.807, 2.05) is 12.1 Å². The van der Waals surface area contributed by atoms with Gasteiger partial charge in [-0.25, -0.2) is 0 Å². The number of amides is 2. The van der Waals surface area contributed by atoms with Gasteiger partial charge in [-0.3, -0.25) is 14.9 Å². The fourth-order valence-electron chi connectivity index (χ4n) is 3.30. The van der Waals surface area contributed by atoms with Crippen molar-refractivity contribution in [1.82, 2.24) is 5.32 Å². The van der Waals surface area contributed by atoms with Gasteiger partial charge in [-0.1, -0.05) is 12.1 Å². The van der Waals surface area contributed by atoms with Crippen LogP contribution in [0.1, 0.15) is 37.2 Å². The van der Waals surface area contributed by atoms with Crippen LogP contribution in [0.4, 0.5) is 5.69 Å². The number of rotatable bonds is 3. The smallest absolute Gasteiger partial charge is 0.234 e. The number of carbonyl (C=O) groups is 2. The molecule has 1 aromatic carbocycles. The van der Waals surface area contributed by atoms with Crippen LogP contribution in [0, 0.1) is 5.92 Å². The number of carbonyl (C=O) groups excluding carboxylic acids is 2. The quantitative estimate of drug-likeness (QED) is 0.829. The van der Waals surface area contributed by atoms with Crippen molar-refractivity contribution >= 4 is 17.5 Å². The second kappa shape index (κ2) is 6.48. The predicted molar refractivity (Wildman–Crippen MR) is 83.6 cm³/mol. The van der Waals surface area contributed by atoms with E-state index in [4.69, 9.17) is 0 Å². The van der Waals surface area contributed by atoms with Gasteiger partial charge in [0.15, 0.2) is 0 Å². The third-order valence-electron chi connectivity index (χ3n) is 4.77. The van der Waals surface area contributed by atoms with E-state index in [0.29, 0.717) is 18.8 Å². The lowest BCUT2D eigenvalue weighted by atomic mass is 9.90. The summed E-state index contributed by atoms with van der Waals surface area (Å²) in [6.45, 7) is 2.20. The normalized spacial score (nSPS) is 23.5. The number of hydrogen-bond acceptors (Lipinski definition) is 4. The van der Waals surface area contributed by atoms with E-state index in [-0.39, 0.29) is 24.3 Å². The zero-order valence-electron chi connectivity index (χ0n) is 12.6. The summed E-state index contributed by atoms with van der Waals surface area (Å²) in [5.74, 6) is -0.150. The van der Waals surface area contributed by atoms with Crippen LogP contribution in [0.3, 0.4) is 0 Å². The maximum absolute atomic E-state index is 11.9. The van der Waals surface area contributed by atoms with Crippen LogP contribution < -0.4 is 10.2 Å². The molecule has 1 atom stereocenters. The Morgan fingerprint density at radius 3 is 2.36 bits per heavy atom. The Hall–Kier alpha value is -1.88. The summed E-state index contributed by atoms with van der Waals surface area (Å²) in [7, 11) is 0. The minimum absolute atomic E-state index is 0.176. The maximum Gasteiger partial charge on any atom is 0.234 e. The van der Waals surface area contributed by atoms with E-state index >= 15 is 0 Å². The van der Waals surface area contributed by atoms with Crippen LogP contribution in [0.25, 0.3) is 0 Å². The van der Waals surface area contributed by atoms with Gasteiger partial charge < -0.3 is 10.0 Å². The molecule has 0 saturated carbocycles. The second-order valence-electron chi connectivity index (χ2n) is 6.21.